The highest BCUT2D eigenvalue weighted by Gasteiger charge is 2.09. The number of anilines is 2. The van der Waals surface area contributed by atoms with Gasteiger partial charge >= 0.3 is 0 Å². The Labute approximate surface area is 120 Å². The van der Waals surface area contributed by atoms with Crippen molar-refractivity contribution in [1.29, 1.82) is 0 Å². The van der Waals surface area contributed by atoms with Crippen molar-refractivity contribution in [1.82, 2.24) is 9.97 Å². The number of nitrogens with one attached hydrogen (secondary N) is 2. The van der Waals surface area contributed by atoms with Crippen LogP contribution in [0.25, 0.3) is 0 Å². The van der Waals surface area contributed by atoms with Crippen LogP contribution in [0.4, 0.5) is 11.8 Å². The minimum atomic E-state index is 0.269. The van der Waals surface area contributed by atoms with E-state index in [9.17, 15) is 0 Å². The molecule has 0 aliphatic carbocycles. The second-order valence-corrected chi connectivity index (χ2v) is 4.71. The van der Waals surface area contributed by atoms with Crippen LogP contribution >= 0.6 is 0 Å². The molecule has 0 saturated heterocycles. The summed E-state index contributed by atoms with van der Waals surface area (Å²) in [4.78, 5) is 8.71. The Morgan fingerprint density at radius 3 is 2.60 bits per heavy atom. The summed E-state index contributed by atoms with van der Waals surface area (Å²) < 4.78 is 0. The van der Waals surface area contributed by atoms with Gasteiger partial charge in [-0.25, -0.2) is 4.98 Å². The smallest absolute Gasteiger partial charge is 0.224 e. The number of rotatable bonds is 7. The van der Waals surface area contributed by atoms with E-state index in [-0.39, 0.29) is 6.04 Å². The SMILES string of the molecule is CCCNc1nccc(NC(CC)c2ccccc2)n1. The molecule has 4 heteroatoms. The van der Waals surface area contributed by atoms with Crippen molar-refractivity contribution >= 4 is 11.8 Å². The van der Waals surface area contributed by atoms with E-state index in [4.69, 9.17) is 0 Å². The van der Waals surface area contributed by atoms with Crippen LogP contribution in [-0.2, 0) is 0 Å². The first kappa shape index (κ1) is 14.3. The fourth-order valence-corrected chi connectivity index (χ4v) is 2.05. The maximum atomic E-state index is 4.49. The fraction of sp³-hybridized carbons (Fsp3) is 0.375. The molecule has 2 aromatic rings. The molecule has 0 aliphatic rings. The second kappa shape index (κ2) is 7.48. The molecule has 0 aliphatic heterocycles. The Hall–Kier alpha value is -2.10. The van der Waals surface area contributed by atoms with Crippen molar-refractivity contribution in [2.45, 2.75) is 32.7 Å². The van der Waals surface area contributed by atoms with Crippen molar-refractivity contribution in [2.24, 2.45) is 0 Å². The molecule has 4 nitrogen and oxygen atoms in total. The van der Waals surface area contributed by atoms with E-state index in [1.165, 1.54) is 5.56 Å². The average Bonchev–Trinajstić information content (AvgIpc) is 2.52. The van der Waals surface area contributed by atoms with Gasteiger partial charge in [0.2, 0.25) is 5.95 Å². The molecule has 1 aromatic carbocycles. The molecule has 0 amide bonds. The van der Waals surface area contributed by atoms with Gasteiger partial charge in [-0.15, -0.1) is 0 Å². The van der Waals surface area contributed by atoms with Crippen LogP contribution in [0, 0.1) is 0 Å². The Balaban J connectivity index is 2.07. The van der Waals surface area contributed by atoms with Gasteiger partial charge in [0.05, 0.1) is 6.04 Å². The molecule has 0 bridgehead atoms. The summed E-state index contributed by atoms with van der Waals surface area (Å²) in [6.07, 6.45) is 3.85. The van der Waals surface area contributed by atoms with E-state index in [2.05, 4.69) is 58.7 Å². The van der Waals surface area contributed by atoms with Gasteiger partial charge in [0.1, 0.15) is 5.82 Å². The average molecular weight is 270 g/mol. The molecule has 20 heavy (non-hydrogen) atoms. The lowest BCUT2D eigenvalue weighted by Gasteiger charge is -2.18. The summed E-state index contributed by atoms with van der Waals surface area (Å²) >= 11 is 0. The summed E-state index contributed by atoms with van der Waals surface area (Å²) in [6.45, 7) is 5.18. The van der Waals surface area contributed by atoms with E-state index in [0.29, 0.717) is 5.95 Å². The zero-order valence-electron chi connectivity index (χ0n) is 12.1. The molecule has 1 aromatic heterocycles. The Kier molecular flexibility index (Phi) is 5.35. The lowest BCUT2D eigenvalue weighted by atomic mass is 10.0. The highest BCUT2D eigenvalue weighted by molar-refractivity contribution is 5.42. The standard InChI is InChI=1S/C16H22N4/c1-3-11-17-16-18-12-10-15(20-16)19-14(4-2)13-8-6-5-7-9-13/h5-10,12,14H,3-4,11H2,1-2H3,(H2,17,18,19,20). The molecule has 2 N–H and O–H groups in total. The zero-order valence-corrected chi connectivity index (χ0v) is 12.1. The number of hydrogen-bond acceptors (Lipinski definition) is 4. The molecule has 1 heterocycles. The van der Waals surface area contributed by atoms with E-state index in [0.717, 1.165) is 25.2 Å². The highest BCUT2D eigenvalue weighted by atomic mass is 15.1. The highest BCUT2D eigenvalue weighted by Crippen LogP contribution is 2.21. The predicted octanol–water partition coefficient (Wildman–Crippen LogP) is 3.86. The van der Waals surface area contributed by atoms with Crippen LogP contribution in [0.2, 0.25) is 0 Å². The Morgan fingerprint density at radius 1 is 1.10 bits per heavy atom. The second-order valence-electron chi connectivity index (χ2n) is 4.71. The first-order chi connectivity index (χ1) is 9.83. The predicted molar refractivity (Wildman–Crippen MR) is 83.9 cm³/mol. The zero-order chi connectivity index (χ0) is 14.2. The van der Waals surface area contributed by atoms with Crippen molar-refractivity contribution in [3.8, 4) is 0 Å². The number of nitrogens with zero attached hydrogens (tertiary/aromatic N) is 2. The summed E-state index contributed by atoms with van der Waals surface area (Å²) in [5.74, 6) is 1.54. The number of aromatic nitrogens is 2. The van der Waals surface area contributed by atoms with E-state index < -0.39 is 0 Å². The van der Waals surface area contributed by atoms with Crippen LogP contribution in [0.15, 0.2) is 42.6 Å². The topological polar surface area (TPSA) is 49.8 Å². The molecule has 0 fully saturated rings. The summed E-state index contributed by atoms with van der Waals surface area (Å²) in [7, 11) is 0. The monoisotopic (exact) mass is 270 g/mol. The number of hydrogen-bond donors (Lipinski definition) is 2. The van der Waals surface area contributed by atoms with E-state index >= 15 is 0 Å². The summed E-state index contributed by atoms with van der Waals surface area (Å²) in [6, 6.07) is 12.6. The first-order valence-corrected chi connectivity index (χ1v) is 7.22. The fourth-order valence-electron chi connectivity index (χ4n) is 2.05. The van der Waals surface area contributed by atoms with Gasteiger partial charge in [-0.05, 0) is 24.5 Å². The first-order valence-electron chi connectivity index (χ1n) is 7.22. The van der Waals surface area contributed by atoms with Gasteiger partial charge in [0.15, 0.2) is 0 Å². The molecule has 106 valence electrons. The minimum Gasteiger partial charge on any atom is -0.363 e. The van der Waals surface area contributed by atoms with Gasteiger partial charge in [-0.2, -0.15) is 4.98 Å². The molecule has 1 unspecified atom stereocenters. The lowest BCUT2D eigenvalue weighted by molar-refractivity contribution is 0.744. The van der Waals surface area contributed by atoms with Crippen LogP contribution in [0.5, 0.6) is 0 Å². The summed E-state index contributed by atoms with van der Waals surface area (Å²) in [5.41, 5.74) is 1.27. The largest absolute Gasteiger partial charge is 0.363 e. The molecular weight excluding hydrogens is 248 g/mol. The van der Waals surface area contributed by atoms with E-state index in [1.54, 1.807) is 6.20 Å². The van der Waals surface area contributed by atoms with Crippen molar-refractivity contribution in [3.05, 3.63) is 48.2 Å². The van der Waals surface area contributed by atoms with Crippen LogP contribution in [0.3, 0.4) is 0 Å². The van der Waals surface area contributed by atoms with Gasteiger partial charge < -0.3 is 10.6 Å². The third kappa shape index (κ3) is 3.95. The molecule has 0 spiro atoms. The van der Waals surface area contributed by atoms with Crippen molar-refractivity contribution in [3.63, 3.8) is 0 Å². The van der Waals surface area contributed by atoms with Crippen LogP contribution in [0.1, 0.15) is 38.3 Å². The third-order valence-electron chi connectivity index (χ3n) is 3.12. The maximum absolute atomic E-state index is 4.49. The van der Waals surface area contributed by atoms with Gasteiger partial charge in [-0.3, -0.25) is 0 Å². The third-order valence-corrected chi connectivity index (χ3v) is 3.12. The maximum Gasteiger partial charge on any atom is 0.224 e. The van der Waals surface area contributed by atoms with Gasteiger partial charge in [0.25, 0.3) is 0 Å². The Morgan fingerprint density at radius 2 is 1.90 bits per heavy atom. The summed E-state index contributed by atoms with van der Waals surface area (Å²) in [5, 5.41) is 6.67. The molecule has 0 radical (unpaired) electrons. The molecule has 0 saturated carbocycles. The van der Waals surface area contributed by atoms with Crippen molar-refractivity contribution in [2.75, 3.05) is 17.2 Å². The normalized spacial score (nSPS) is 11.9. The minimum absolute atomic E-state index is 0.269. The van der Waals surface area contributed by atoms with E-state index in [1.807, 2.05) is 12.1 Å². The molecular formula is C16H22N4. The quantitative estimate of drug-likeness (QED) is 0.802. The number of benzene rings is 1. The molecule has 1 atom stereocenters. The van der Waals surface area contributed by atoms with Crippen LogP contribution in [-0.4, -0.2) is 16.5 Å². The lowest BCUT2D eigenvalue weighted by Crippen LogP contribution is -2.12. The van der Waals surface area contributed by atoms with Crippen LogP contribution < -0.4 is 10.6 Å². The van der Waals surface area contributed by atoms with Gasteiger partial charge in [-0.1, -0.05) is 44.2 Å². The Bertz CT molecular complexity index is 513. The van der Waals surface area contributed by atoms with Crippen molar-refractivity contribution < 1.29 is 0 Å². The molecule has 2 rings (SSSR count). The van der Waals surface area contributed by atoms with Gasteiger partial charge in [0, 0.05) is 12.7 Å².